The summed E-state index contributed by atoms with van der Waals surface area (Å²) in [5.74, 6) is -2.86. The second kappa shape index (κ2) is 12.8. The number of nitrogens with one attached hydrogen (secondary N) is 1. The first-order chi connectivity index (χ1) is 20.6. The Bertz CT molecular complexity index is 1380. The fraction of sp³-hybridized carbons (Fsp3) is 0.429. The van der Waals surface area contributed by atoms with E-state index >= 15 is 0 Å². The number of benzene rings is 3. The van der Waals surface area contributed by atoms with E-state index < -0.39 is 40.8 Å². The molecule has 228 valence electrons. The van der Waals surface area contributed by atoms with Crippen LogP contribution in [-0.2, 0) is 9.59 Å². The van der Waals surface area contributed by atoms with E-state index in [1.54, 1.807) is 25.1 Å². The van der Waals surface area contributed by atoms with Crippen LogP contribution in [0.5, 0.6) is 0 Å². The fourth-order valence-electron chi connectivity index (χ4n) is 7.60. The molecule has 2 aliphatic rings. The molecule has 7 nitrogen and oxygen atoms in total. The molecule has 2 saturated heterocycles. The van der Waals surface area contributed by atoms with Gasteiger partial charge in [-0.05, 0) is 56.5 Å². The van der Waals surface area contributed by atoms with Gasteiger partial charge in [-0.2, -0.15) is 0 Å². The molecule has 2 aliphatic heterocycles. The molecule has 5 unspecified atom stereocenters. The predicted octanol–water partition coefficient (Wildman–Crippen LogP) is 5.76. The van der Waals surface area contributed by atoms with Gasteiger partial charge in [0.2, 0.25) is 0 Å². The summed E-state index contributed by atoms with van der Waals surface area (Å²) in [6.45, 7) is 9.15. The molecule has 0 radical (unpaired) electrons. The lowest BCUT2D eigenvalue weighted by atomic mass is 9.51. The quantitative estimate of drug-likeness (QED) is 0.286. The van der Waals surface area contributed by atoms with Gasteiger partial charge in [-0.15, -0.1) is 0 Å². The van der Waals surface area contributed by atoms with Gasteiger partial charge < -0.3 is 20.4 Å². The SMILES string of the molecule is CC1NC(C)C(CCN2CCN(C(c3ccccc3)c3ccccc3)CC2)(C(=O)O)C(c2ccccc2Cl)C1(C)C(=O)O. The van der Waals surface area contributed by atoms with Crippen molar-refractivity contribution in [2.24, 2.45) is 10.8 Å². The minimum absolute atomic E-state index is 0.139. The molecule has 0 aromatic heterocycles. The van der Waals surface area contributed by atoms with Crippen LogP contribution < -0.4 is 5.32 Å². The van der Waals surface area contributed by atoms with Crippen molar-refractivity contribution in [3.8, 4) is 0 Å². The lowest BCUT2D eigenvalue weighted by molar-refractivity contribution is -0.171. The number of hydrogen-bond donors (Lipinski definition) is 3. The van der Waals surface area contributed by atoms with Gasteiger partial charge in [0.15, 0.2) is 0 Å². The van der Waals surface area contributed by atoms with Crippen LogP contribution in [0.4, 0.5) is 0 Å². The molecule has 2 fully saturated rings. The maximum absolute atomic E-state index is 13.4. The number of piperazine rings is 1. The average Bonchev–Trinajstić information content (AvgIpc) is 3.00. The summed E-state index contributed by atoms with van der Waals surface area (Å²) in [4.78, 5) is 31.2. The first kappa shape index (κ1) is 31.2. The Hall–Kier alpha value is -3.23. The van der Waals surface area contributed by atoms with Crippen LogP contribution in [0.1, 0.15) is 55.8 Å². The van der Waals surface area contributed by atoms with Gasteiger partial charge >= 0.3 is 11.9 Å². The number of hydrogen-bond acceptors (Lipinski definition) is 5. The number of carboxylic acid groups (broad SMARTS) is 2. The highest BCUT2D eigenvalue weighted by Crippen LogP contribution is 2.58. The van der Waals surface area contributed by atoms with E-state index in [-0.39, 0.29) is 6.04 Å². The molecule has 43 heavy (non-hydrogen) atoms. The van der Waals surface area contributed by atoms with Crippen molar-refractivity contribution in [1.29, 1.82) is 0 Å². The lowest BCUT2D eigenvalue weighted by Crippen LogP contribution is -2.69. The molecule has 3 aromatic carbocycles. The Balaban J connectivity index is 1.41. The van der Waals surface area contributed by atoms with Crippen LogP contribution in [0.2, 0.25) is 5.02 Å². The molecule has 2 heterocycles. The summed E-state index contributed by atoms with van der Waals surface area (Å²) in [5, 5.41) is 25.3. The van der Waals surface area contributed by atoms with Crippen molar-refractivity contribution in [1.82, 2.24) is 15.1 Å². The average molecular weight is 604 g/mol. The molecule has 0 spiro atoms. The van der Waals surface area contributed by atoms with Crippen LogP contribution in [0.15, 0.2) is 84.9 Å². The van der Waals surface area contributed by atoms with Crippen molar-refractivity contribution < 1.29 is 19.8 Å². The van der Waals surface area contributed by atoms with E-state index in [0.717, 1.165) is 26.2 Å². The van der Waals surface area contributed by atoms with Crippen LogP contribution >= 0.6 is 11.6 Å². The monoisotopic (exact) mass is 603 g/mol. The molecule has 0 amide bonds. The fourth-order valence-corrected chi connectivity index (χ4v) is 7.84. The summed E-state index contributed by atoms with van der Waals surface area (Å²) < 4.78 is 0. The largest absolute Gasteiger partial charge is 0.481 e. The maximum atomic E-state index is 13.4. The molecule has 5 atom stereocenters. The zero-order valence-electron chi connectivity index (χ0n) is 25.1. The van der Waals surface area contributed by atoms with Gasteiger partial charge in [-0.3, -0.25) is 14.5 Å². The van der Waals surface area contributed by atoms with E-state index in [2.05, 4.69) is 63.6 Å². The number of aliphatic carboxylic acids is 2. The van der Waals surface area contributed by atoms with Gasteiger partial charge in [0.25, 0.3) is 0 Å². The van der Waals surface area contributed by atoms with Crippen LogP contribution in [-0.4, -0.2) is 76.8 Å². The standard InChI is InChI=1S/C35H42ClN3O4/c1-24-34(3,32(40)41)31(28-16-10-11-17-29(28)36)35(33(42)43,25(2)37-24)18-19-38-20-22-39(23-21-38)30(26-12-6-4-7-13-26)27-14-8-5-9-15-27/h4-17,24-25,30-31,37H,18-23H2,1-3H3,(H,40,41)(H,42,43). The van der Waals surface area contributed by atoms with Crippen molar-refractivity contribution in [2.45, 2.75) is 51.2 Å². The molecular weight excluding hydrogens is 562 g/mol. The van der Waals surface area contributed by atoms with E-state index in [0.29, 0.717) is 23.6 Å². The Kier molecular flexibility index (Phi) is 9.28. The number of carbonyl (C=O) groups is 2. The summed E-state index contributed by atoms with van der Waals surface area (Å²) >= 11 is 6.69. The first-order valence-corrected chi connectivity index (χ1v) is 15.5. The Morgan fingerprint density at radius 3 is 1.88 bits per heavy atom. The smallest absolute Gasteiger partial charge is 0.311 e. The highest BCUT2D eigenvalue weighted by Gasteiger charge is 2.65. The summed E-state index contributed by atoms with van der Waals surface area (Å²) in [6, 6.07) is 27.4. The van der Waals surface area contributed by atoms with Crippen molar-refractivity contribution in [3.05, 3.63) is 107 Å². The number of carboxylic acids is 2. The van der Waals surface area contributed by atoms with Crippen LogP contribution in [0, 0.1) is 10.8 Å². The minimum Gasteiger partial charge on any atom is -0.481 e. The highest BCUT2D eigenvalue weighted by molar-refractivity contribution is 6.31. The summed E-state index contributed by atoms with van der Waals surface area (Å²) in [5.41, 5.74) is 0.290. The summed E-state index contributed by atoms with van der Waals surface area (Å²) in [7, 11) is 0. The molecule has 8 heteroatoms. The Morgan fingerprint density at radius 1 is 0.837 bits per heavy atom. The number of piperidine rings is 1. The normalized spacial score (nSPS) is 28.5. The van der Waals surface area contributed by atoms with Crippen molar-refractivity contribution >= 4 is 23.5 Å². The van der Waals surface area contributed by atoms with E-state index in [4.69, 9.17) is 11.6 Å². The second-order valence-electron chi connectivity index (χ2n) is 12.3. The second-order valence-corrected chi connectivity index (χ2v) is 12.8. The highest BCUT2D eigenvalue weighted by atomic mass is 35.5. The van der Waals surface area contributed by atoms with Gasteiger partial charge in [-0.1, -0.05) is 90.5 Å². The lowest BCUT2D eigenvalue weighted by Gasteiger charge is -2.56. The maximum Gasteiger partial charge on any atom is 0.311 e. The van der Waals surface area contributed by atoms with E-state index in [1.807, 2.05) is 32.0 Å². The third kappa shape index (κ3) is 5.72. The number of nitrogens with zero attached hydrogens (tertiary/aromatic N) is 2. The molecule has 3 aromatic rings. The topological polar surface area (TPSA) is 93.1 Å². The molecule has 0 bridgehead atoms. The van der Waals surface area contributed by atoms with E-state index in [9.17, 15) is 19.8 Å². The molecule has 5 rings (SSSR count). The number of rotatable bonds is 9. The van der Waals surface area contributed by atoms with Gasteiger partial charge in [0.1, 0.15) is 0 Å². The van der Waals surface area contributed by atoms with Gasteiger partial charge in [-0.25, -0.2) is 0 Å². The third-order valence-corrected chi connectivity index (χ3v) is 10.6. The first-order valence-electron chi connectivity index (χ1n) is 15.1. The van der Waals surface area contributed by atoms with Gasteiger partial charge in [0.05, 0.1) is 16.9 Å². The number of halogens is 1. The Morgan fingerprint density at radius 2 is 1.37 bits per heavy atom. The molecule has 0 saturated carbocycles. The Labute approximate surface area is 259 Å². The van der Waals surface area contributed by atoms with Crippen LogP contribution in [0.25, 0.3) is 0 Å². The zero-order valence-corrected chi connectivity index (χ0v) is 25.9. The third-order valence-electron chi connectivity index (χ3n) is 10.2. The molecule has 3 N–H and O–H groups in total. The zero-order chi connectivity index (χ0) is 30.8. The summed E-state index contributed by atoms with van der Waals surface area (Å²) in [6.07, 6.45) is 0.294. The van der Waals surface area contributed by atoms with E-state index in [1.165, 1.54) is 11.1 Å². The van der Waals surface area contributed by atoms with Crippen molar-refractivity contribution in [3.63, 3.8) is 0 Å². The van der Waals surface area contributed by atoms with Crippen molar-refractivity contribution in [2.75, 3.05) is 32.7 Å². The van der Waals surface area contributed by atoms with Crippen LogP contribution in [0.3, 0.4) is 0 Å². The van der Waals surface area contributed by atoms with Gasteiger partial charge in [0, 0.05) is 49.2 Å². The molecular formula is C35H42ClN3O4. The minimum atomic E-state index is -1.40. The molecule has 0 aliphatic carbocycles. The predicted molar refractivity (Wildman–Crippen MR) is 169 cm³/mol.